The van der Waals surface area contributed by atoms with Crippen molar-refractivity contribution in [2.45, 2.75) is 33.6 Å². The van der Waals surface area contributed by atoms with Crippen molar-refractivity contribution in [3.63, 3.8) is 0 Å². The average molecular weight is 224 g/mol. The topological polar surface area (TPSA) is 15.3 Å². The summed E-state index contributed by atoms with van der Waals surface area (Å²) in [6, 6.07) is 0. The Morgan fingerprint density at radius 3 is 2.75 bits per heavy atom. The fraction of sp³-hybridized carbons (Fsp3) is 0.857. The number of nitrogens with zero attached hydrogens (tertiary/aromatic N) is 1. The second kappa shape index (κ2) is 7.08. The highest BCUT2D eigenvalue weighted by atomic mass is 15.1. The Labute approximate surface area is 101 Å². The first-order chi connectivity index (χ1) is 7.63. The van der Waals surface area contributed by atoms with Crippen LogP contribution in [-0.4, -0.2) is 37.6 Å². The number of likely N-dealkylation sites (tertiary alicyclic amines) is 1. The van der Waals surface area contributed by atoms with Crippen LogP contribution >= 0.6 is 0 Å². The van der Waals surface area contributed by atoms with Gasteiger partial charge in [-0.1, -0.05) is 27.4 Å². The zero-order valence-corrected chi connectivity index (χ0v) is 11.3. The molecule has 2 nitrogen and oxygen atoms in total. The van der Waals surface area contributed by atoms with Crippen LogP contribution < -0.4 is 5.32 Å². The van der Waals surface area contributed by atoms with E-state index < -0.39 is 0 Å². The third-order valence-corrected chi connectivity index (χ3v) is 3.67. The van der Waals surface area contributed by atoms with Crippen LogP contribution in [0.1, 0.15) is 33.6 Å². The van der Waals surface area contributed by atoms with Crippen molar-refractivity contribution in [3.05, 3.63) is 12.2 Å². The summed E-state index contributed by atoms with van der Waals surface area (Å²) in [4.78, 5) is 2.56. The first-order valence-electron chi connectivity index (χ1n) is 6.73. The highest BCUT2D eigenvalue weighted by molar-refractivity contribution is 5.00. The molecule has 1 rings (SSSR count). The van der Waals surface area contributed by atoms with Crippen molar-refractivity contribution in [1.82, 2.24) is 10.2 Å². The Morgan fingerprint density at radius 2 is 2.12 bits per heavy atom. The number of hydrogen-bond donors (Lipinski definition) is 1. The van der Waals surface area contributed by atoms with Gasteiger partial charge in [0.05, 0.1) is 0 Å². The molecular formula is C14H28N2. The standard InChI is InChI=1S/C14H28N2/c1-5-7-15-9-12(2)10-16-8-6-13(3)14(4)11-16/h13-15H,2,5-11H2,1,3-4H3. The predicted molar refractivity (Wildman–Crippen MR) is 71.7 cm³/mol. The lowest BCUT2D eigenvalue weighted by Gasteiger charge is -2.35. The zero-order chi connectivity index (χ0) is 12.0. The first kappa shape index (κ1) is 13.7. The SMILES string of the molecule is C=C(CNCCC)CN1CCC(C)C(C)C1. The lowest BCUT2D eigenvalue weighted by Crippen LogP contribution is -2.40. The third-order valence-electron chi connectivity index (χ3n) is 3.67. The minimum atomic E-state index is 0.838. The van der Waals surface area contributed by atoms with Gasteiger partial charge in [-0.3, -0.25) is 4.90 Å². The quantitative estimate of drug-likeness (QED) is 0.551. The molecule has 0 radical (unpaired) electrons. The number of piperidine rings is 1. The van der Waals surface area contributed by atoms with Crippen LogP contribution in [0, 0.1) is 11.8 Å². The van der Waals surface area contributed by atoms with Crippen LogP contribution in [-0.2, 0) is 0 Å². The Kier molecular flexibility index (Phi) is 6.07. The van der Waals surface area contributed by atoms with E-state index in [1.807, 2.05) is 0 Å². The molecule has 2 heteroatoms. The summed E-state index contributed by atoms with van der Waals surface area (Å²) in [5.41, 5.74) is 1.33. The molecule has 1 N–H and O–H groups in total. The highest BCUT2D eigenvalue weighted by Gasteiger charge is 2.22. The first-order valence-corrected chi connectivity index (χ1v) is 6.73. The summed E-state index contributed by atoms with van der Waals surface area (Å²) in [7, 11) is 0. The predicted octanol–water partition coefficient (Wildman–Crippen LogP) is 2.52. The van der Waals surface area contributed by atoms with E-state index >= 15 is 0 Å². The van der Waals surface area contributed by atoms with Gasteiger partial charge in [0, 0.05) is 19.6 Å². The van der Waals surface area contributed by atoms with E-state index in [-0.39, 0.29) is 0 Å². The molecular weight excluding hydrogens is 196 g/mol. The second-order valence-electron chi connectivity index (χ2n) is 5.41. The van der Waals surface area contributed by atoms with Gasteiger partial charge >= 0.3 is 0 Å². The normalized spacial score (nSPS) is 26.9. The van der Waals surface area contributed by atoms with Crippen molar-refractivity contribution in [3.8, 4) is 0 Å². The number of rotatable bonds is 6. The van der Waals surface area contributed by atoms with Crippen LogP contribution in [0.25, 0.3) is 0 Å². The second-order valence-corrected chi connectivity index (χ2v) is 5.41. The molecule has 0 aromatic heterocycles. The molecule has 1 aliphatic heterocycles. The minimum Gasteiger partial charge on any atom is -0.313 e. The van der Waals surface area contributed by atoms with Crippen molar-refractivity contribution in [2.75, 3.05) is 32.7 Å². The van der Waals surface area contributed by atoms with Gasteiger partial charge in [-0.05, 0) is 43.3 Å². The molecule has 1 aliphatic rings. The summed E-state index contributed by atoms with van der Waals surface area (Å²) >= 11 is 0. The van der Waals surface area contributed by atoms with Crippen molar-refractivity contribution in [2.24, 2.45) is 11.8 Å². The van der Waals surface area contributed by atoms with Crippen LogP contribution in [0.15, 0.2) is 12.2 Å². The van der Waals surface area contributed by atoms with Crippen LogP contribution in [0.3, 0.4) is 0 Å². The summed E-state index contributed by atoms with van der Waals surface area (Å²) in [5, 5.41) is 3.42. The van der Waals surface area contributed by atoms with Gasteiger partial charge in [-0.25, -0.2) is 0 Å². The highest BCUT2D eigenvalue weighted by Crippen LogP contribution is 2.22. The molecule has 0 aromatic rings. The summed E-state index contributed by atoms with van der Waals surface area (Å²) in [5.74, 6) is 1.73. The monoisotopic (exact) mass is 224 g/mol. The summed E-state index contributed by atoms with van der Waals surface area (Å²) in [6.45, 7) is 16.8. The molecule has 0 aromatic carbocycles. The van der Waals surface area contributed by atoms with E-state index in [1.165, 1.54) is 31.5 Å². The molecule has 0 aliphatic carbocycles. The van der Waals surface area contributed by atoms with Gasteiger partial charge in [0.25, 0.3) is 0 Å². The maximum atomic E-state index is 4.16. The smallest absolute Gasteiger partial charge is 0.0202 e. The molecule has 0 bridgehead atoms. The Balaban J connectivity index is 2.19. The van der Waals surface area contributed by atoms with E-state index in [9.17, 15) is 0 Å². The average Bonchev–Trinajstić information content (AvgIpc) is 2.24. The minimum absolute atomic E-state index is 0.838. The molecule has 0 amide bonds. The van der Waals surface area contributed by atoms with E-state index in [1.54, 1.807) is 0 Å². The van der Waals surface area contributed by atoms with E-state index in [0.717, 1.165) is 31.5 Å². The van der Waals surface area contributed by atoms with Crippen molar-refractivity contribution < 1.29 is 0 Å². The molecule has 16 heavy (non-hydrogen) atoms. The zero-order valence-electron chi connectivity index (χ0n) is 11.3. The van der Waals surface area contributed by atoms with Crippen LogP contribution in [0.2, 0.25) is 0 Å². The summed E-state index contributed by atoms with van der Waals surface area (Å²) < 4.78 is 0. The molecule has 2 atom stereocenters. The van der Waals surface area contributed by atoms with Gasteiger partial charge < -0.3 is 5.32 Å². The lowest BCUT2D eigenvalue weighted by molar-refractivity contribution is 0.148. The maximum absolute atomic E-state index is 4.16. The molecule has 0 saturated carbocycles. The van der Waals surface area contributed by atoms with Gasteiger partial charge in [0.15, 0.2) is 0 Å². The van der Waals surface area contributed by atoms with Gasteiger partial charge in [-0.2, -0.15) is 0 Å². The van der Waals surface area contributed by atoms with Crippen LogP contribution in [0.5, 0.6) is 0 Å². The van der Waals surface area contributed by atoms with Crippen LogP contribution in [0.4, 0.5) is 0 Å². The van der Waals surface area contributed by atoms with E-state index in [4.69, 9.17) is 0 Å². The van der Waals surface area contributed by atoms with E-state index in [2.05, 4.69) is 37.6 Å². The number of nitrogens with one attached hydrogen (secondary N) is 1. The largest absolute Gasteiger partial charge is 0.313 e. The fourth-order valence-electron chi connectivity index (χ4n) is 2.31. The molecule has 1 saturated heterocycles. The van der Waals surface area contributed by atoms with Crippen molar-refractivity contribution >= 4 is 0 Å². The lowest BCUT2D eigenvalue weighted by atomic mass is 9.88. The molecule has 94 valence electrons. The van der Waals surface area contributed by atoms with Gasteiger partial charge in [-0.15, -0.1) is 0 Å². The molecule has 1 heterocycles. The van der Waals surface area contributed by atoms with E-state index in [0.29, 0.717) is 0 Å². The van der Waals surface area contributed by atoms with Gasteiger partial charge in [0.2, 0.25) is 0 Å². The van der Waals surface area contributed by atoms with Crippen molar-refractivity contribution in [1.29, 1.82) is 0 Å². The third kappa shape index (κ3) is 4.67. The molecule has 0 spiro atoms. The Bertz CT molecular complexity index is 213. The summed E-state index contributed by atoms with van der Waals surface area (Å²) in [6.07, 6.45) is 2.54. The number of hydrogen-bond acceptors (Lipinski definition) is 2. The maximum Gasteiger partial charge on any atom is 0.0202 e. The molecule has 2 unspecified atom stereocenters. The molecule has 1 fully saturated rings. The Morgan fingerprint density at radius 1 is 1.38 bits per heavy atom. The fourth-order valence-corrected chi connectivity index (χ4v) is 2.31. The Hall–Kier alpha value is -0.340. The van der Waals surface area contributed by atoms with Gasteiger partial charge in [0.1, 0.15) is 0 Å².